The molecule has 0 fully saturated rings. The Balaban J connectivity index is 1.45. The highest BCUT2D eigenvalue weighted by atomic mass is 16.6. The summed E-state index contributed by atoms with van der Waals surface area (Å²) in [5, 5.41) is 26.3. The van der Waals surface area contributed by atoms with Gasteiger partial charge in [-0.15, -0.1) is 0 Å². The molecule has 0 spiro atoms. The molecular formula is C32H22N4O8. The van der Waals surface area contributed by atoms with Gasteiger partial charge in [0.25, 0.3) is 11.2 Å². The number of carboxylic acids is 1. The van der Waals surface area contributed by atoms with Crippen LogP contribution in [0.15, 0.2) is 105 Å². The minimum atomic E-state index is -1.08. The lowest BCUT2D eigenvalue weighted by Crippen LogP contribution is -2.20. The van der Waals surface area contributed by atoms with Gasteiger partial charge in [0.1, 0.15) is 23.7 Å². The number of nitro groups is 1. The van der Waals surface area contributed by atoms with Gasteiger partial charge in [0.05, 0.1) is 40.1 Å². The first-order valence-electron chi connectivity index (χ1n) is 13.2. The molecule has 12 heteroatoms. The number of nitro benzene ring substituents is 1. The van der Waals surface area contributed by atoms with Crippen molar-refractivity contribution in [1.29, 1.82) is 0 Å². The number of ether oxygens (including phenoxy) is 2. The molecule has 6 rings (SSSR count). The third-order valence-corrected chi connectivity index (χ3v) is 6.80. The van der Waals surface area contributed by atoms with Gasteiger partial charge in [0.15, 0.2) is 5.76 Å². The fraction of sp³-hybridized carbons (Fsp3) is 0.0625. The number of carbonyl (C=O) groups is 1. The number of benzene rings is 4. The van der Waals surface area contributed by atoms with Crippen molar-refractivity contribution >= 4 is 39.7 Å². The first-order chi connectivity index (χ1) is 21.3. The summed E-state index contributed by atoms with van der Waals surface area (Å²) in [6.07, 6.45) is 1.26. The molecule has 2 aromatic heterocycles. The van der Waals surface area contributed by atoms with Crippen molar-refractivity contribution in [2.45, 2.75) is 6.61 Å². The molecule has 0 aliphatic carbocycles. The van der Waals surface area contributed by atoms with Crippen molar-refractivity contribution in [2.24, 2.45) is 5.10 Å². The van der Waals surface area contributed by atoms with Crippen LogP contribution < -0.4 is 15.0 Å². The molecule has 0 bridgehead atoms. The number of methoxy groups -OCH3 is 1. The summed E-state index contributed by atoms with van der Waals surface area (Å²) in [5.74, 6) is 0.0583. The van der Waals surface area contributed by atoms with Crippen molar-refractivity contribution in [2.75, 3.05) is 7.11 Å². The van der Waals surface area contributed by atoms with Gasteiger partial charge in [-0.25, -0.2) is 9.78 Å². The number of non-ortho nitro benzene ring substituents is 1. The predicted octanol–water partition coefficient (Wildman–Crippen LogP) is 5.89. The van der Waals surface area contributed by atoms with Crippen LogP contribution in [0.1, 0.15) is 21.5 Å². The molecule has 4 aromatic carbocycles. The summed E-state index contributed by atoms with van der Waals surface area (Å²) in [6, 6.07) is 24.0. The molecule has 0 unspecified atom stereocenters. The minimum absolute atomic E-state index is 0.0245. The van der Waals surface area contributed by atoms with Gasteiger partial charge < -0.3 is 19.0 Å². The van der Waals surface area contributed by atoms with Crippen LogP contribution in [0.3, 0.4) is 0 Å². The Morgan fingerprint density at radius 3 is 2.64 bits per heavy atom. The quantitative estimate of drug-likeness (QED) is 0.123. The van der Waals surface area contributed by atoms with Crippen molar-refractivity contribution < 1.29 is 28.7 Å². The van der Waals surface area contributed by atoms with E-state index in [9.17, 15) is 24.8 Å². The first kappa shape index (κ1) is 27.8. The number of nitrogens with zero attached hydrogens (tertiary/aromatic N) is 4. The van der Waals surface area contributed by atoms with Gasteiger partial charge >= 0.3 is 5.97 Å². The number of rotatable bonds is 9. The molecule has 0 saturated heterocycles. The van der Waals surface area contributed by atoms with E-state index in [0.29, 0.717) is 33.2 Å². The molecular weight excluding hydrogens is 568 g/mol. The van der Waals surface area contributed by atoms with Crippen LogP contribution in [0.2, 0.25) is 0 Å². The molecule has 0 aliphatic rings. The van der Waals surface area contributed by atoms with E-state index in [0.717, 1.165) is 4.68 Å². The van der Waals surface area contributed by atoms with Crippen LogP contribution in [0.4, 0.5) is 5.69 Å². The number of furan rings is 1. The van der Waals surface area contributed by atoms with E-state index in [2.05, 4.69) is 10.1 Å². The number of hydrogen-bond donors (Lipinski definition) is 1. The zero-order valence-electron chi connectivity index (χ0n) is 23.0. The van der Waals surface area contributed by atoms with E-state index in [1.54, 1.807) is 60.7 Å². The third kappa shape index (κ3) is 5.34. The van der Waals surface area contributed by atoms with Crippen LogP contribution in [0.5, 0.6) is 11.5 Å². The van der Waals surface area contributed by atoms with Gasteiger partial charge in [0.2, 0.25) is 5.82 Å². The molecule has 0 saturated carbocycles. The molecule has 0 aliphatic heterocycles. The highest BCUT2D eigenvalue weighted by Crippen LogP contribution is 2.33. The summed E-state index contributed by atoms with van der Waals surface area (Å²) in [5.41, 5.74) is 1.09. The van der Waals surface area contributed by atoms with E-state index < -0.39 is 16.5 Å². The first-order valence-corrected chi connectivity index (χ1v) is 13.2. The van der Waals surface area contributed by atoms with E-state index in [1.807, 2.05) is 0 Å². The highest BCUT2D eigenvalue weighted by Gasteiger charge is 2.19. The Bertz CT molecular complexity index is 2170. The zero-order chi connectivity index (χ0) is 30.8. The number of aromatic nitrogens is 2. The van der Waals surface area contributed by atoms with Crippen molar-refractivity contribution in [1.82, 2.24) is 9.66 Å². The minimum Gasteiger partial charge on any atom is -0.496 e. The SMILES string of the molecule is COc1cccc2oc(-c3nc4ccccc4c(=O)n3N=Cc3cc([N+](=O)[O-])ccc3OCc3cccc(C(=O)O)c3)cc12. The van der Waals surface area contributed by atoms with Crippen molar-refractivity contribution in [3.63, 3.8) is 0 Å². The number of fused-ring (bicyclic) bond motifs is 2. The normalized spacial score (nSPS) is 11.3. The van der Waals surface area contributed by atoms with Crippen molar-refractivity contribution in [3.8, 4) is 23.1 Å². The summed E-state index contributed by atoms with van der Waals surface area (Å²) in [6.45, 7) is -0.0245. The Hall–Kier alpha value is -6.30. The maximum atomic E-state index is 13.7. The molecule has 1 N–H and O–H groups in total. The third-order valence-electron chi connectivity index (χ3n) is 6.80. The molecule has 0 amide bonds. The lowest BCUT2D eigenvalue weighted by atomic mass is 10.1. The van der Waals surface area contributed by atoms with Crippen LogP contribution in [0, 0.1) is 10.1 Å². The summed E-state index contributed by atoms with van der Waals surface area (Å²) >= 11 is 0. The van der Waals surface area contributed by atoms with Gasteiger partial charge in [0, 0.05) is 17.7 Å². The standard InChI is InChI=1S/C32H22N4O8/c1-42-27-10-5-11-28-24(27)16-29(44-28)30-34-25-9-3-2-8-23(25)31(37)35(30)33-17-21-15-22(36(40)41)12-13-26(21)43-18-19-6-4-7-20(14-19)32(38)39/h2-17H,18H2,1H3,(H,38,39). The second-order valence-electron chi connectivity index (χ2n) is 9.57. The lowest BCUT2D eigenvalue weighted by Gasteiger charge is -2.10. The summed E-state index contributed by atoms with van der Waals surface area (Å²) < 4.78 is 18.5. The Labute approximate surface area is 248 Å². The van der Waals surface area contributed by atoms with Gasteiger partial charge in [-0.2, -0.15) is 9.78 Å². The Kier molecular flexibility index (Phi) is 7.30. The molecule has 218 valence electrons. The van der Waals surface area contributed by atoms with Crippen LogP contribution in [0.25, 0.3) is 33.5 Å². The second-order valence-corrected chi connectivity index (χ2v) is 9.57. The van der Waals surface area contributed by atoms with Crippen LogP contribution in [-0.4, -0.2) is 39.0 Å². The number of carboxylic acid groups (broad SMARTS) is 1. The summed E-state index contributed by atoms with van der Waals surface area (Å²) in [4.78, 5) is 40.7. The molecule has 0 radical (unpaired) electrons. The second kappa shape index (κ2) is 11.5. The molecule has 44 heavy (non-hydrogen) atoms. The van der Waals surface area contributed by atoms with Crippen LogP contribution in [-0.2, 0) is 6.61 Å². The molecule has 6 aromatic rings. The Morgan fingerprint density at radius 1 is 1.02 bits per heavy atom. The molecule has 0 atom stereocenters. The zero-order valence-corrected chi connectivity index (χ0v) is 23.0. The monoisotopic (exact) mass is 590 g/mol. The molecule has 2 heterocycles. The Morgan fingerprint density at radius 2 is 1.84 bits per heavy atom. The number of hydrogen-bond acceptors (Lipinski definition) is 9. The van der Waals surface area contributed by atoms with E-state index in [1.165, 1.54) is 43.7 Å². The highest BCUT2D eigenvalue weighted by molar-refractivity contribution is 5.89. The topological polar surface area (TPSA) is 159 Å². The fourth-order valence-corrected chi connectivity index (χ4v) is 4.67. The predicted molar refractivity (Wildman–Crippen MR) is 162 cm³/mol. The van der Waals surface area contributed by atoms with Crippen LogP contribution >= 0.6 is 0 Å². The lowest BCUT2D eigenvalue weighted by molar-refractivity contribution is -0.384. The van der Waals surface area contributed by atoms with E-state index in [4.69, 9.17) is 13.9 Å². The average Bonchev–Trinajstić information content (AvgIpc) is 3.48. The number of aromatic carboxylic acids is 1. The van der Waals surface area contributed by atoms with Gasteiger partial charge in [-0.3, -0.25) is 14.9 Å². The van der Waals surface area contributed by atoms with E-state index >= 15 is 0 Å². The van der Waals surface area contributed by atoms with E-state index in [-0.39, 0.29) is 40.8 Å². The smallest absolute Gasteiger partial charge is 0.335 e. The summed E-state index contributed by atoms with van der Waals surface area (Å²) in [7, 11) is 1.54. The maximum Gasteiger partial charge on any atom is 0.335 e. The largest absolute Gasteiger partial charge is 0.496 e. The molecule has 12 nitrogen and oxygen atoms in total. The fourth-order valence-electron chi connectivity index (χ4n) is 4.67. The average molecular weight is 591 g/mol. The number of para-hydroxylation sites is 1. The maximum absolute atomic E-state index is 13.7. The van der Waals surface area contributed by atoms with Gasteiger partial charge in [-0.05, 0) is 54.1 Å². The van der Waals surface area contributed by atoms with Crippen molar-refractivity contribution in [3.05, 3.63) is 128 Å². The van der Waals surface area contributed by atoms with Gasteiger partial charge in [-0.1, -0.05) is 30.3 Å².